The van der Waals surface area contributed by atoms with Gasteiger partial charge in [0, 0.05) is 21.9 Å². The van der Waals surface area contributed by atoms with Gasteiger partial charge in [-0.1, -0.05) is 42.5 Å². The first-order valence-corrected chi connectivity index (χ1v) is 10.8. The summed E-state index contributed by atoms with van der Waals surface area (Å²) in [4.78, 5) is 10.7. The number of halogens is 1. The second kappa shape index (κ2) is 6.86. The van der Waals surface area contributed by atoms with Crippen molar-refractivity contribution >= 4 is 27.8 Å². The maximum atomic E-state index is 15.9. The Kier molecular flexibility index (Phi) is 3.77. The van der Waals surface area contributed by atoms with Gasteiger partial charge in [-0.05, 0) is 30.3 Å². The summed E-state index contributed by atoms with van der Waals surface area (Å²) in [6.45, 7) is 0. The van der Waals surface area contributed by atoms with Crippen LogP contribution in [0, 0.1) is 28.5 Å². The minimum absolute atomic E-state index is 0.0762. The summed E-state index contributed by atoms with van der Waals surface area (Å²) in [7, 11) is 0. The van der Waals surface area contributed by atoms with Crippen LogP contribution < -0.4 is 9.64 Å². The molecule has 0 saturated heterocycles. The van der Waals surface area contributed by atoms with Gasteiger partial charge in [0.1, 0.15) is 23.6 Å². The molecule has 0 spiro atoms. The summed E-state index contributed by atoms with van der Waals surface area (Å²) in [5, 5.41) is 20.3. The van der Waals surface area contributed by atoms with Gasteiger partial charge in [-0.2, -0.15) is 10.5 Å². The molecule has 6 nitrogen and oxygen atoms in total. The highest BCUT2D eigenvalue weighted by Crippen LogP contribution is 2.55. The molecule has 7 rings (SSSR count). The highest BCUT2D eigenvalue weighted by atomic mass is 19.1. The molecule has 2 aliphatic rings. The van der Waals surface area contributed by atoms with Crippen LogP contribution in [0.5, 0.6) is 11.5 Å². The third-order valence-corrected chi connectivity index (χ3v) is 6.37. The average Bonchev–Trinajstić information content (AvgIpc) is 3.23. The number of nitrogens with zero attached hydrogens (tertiary/aromatic N) is 5. The fourth-order valence-corrected chi connectivity index (χ4v) is 4.96. The SMILES string of the molecule is N#Cc1nc2c(nc1C#N)-c1c(F)cc(N3c4ccccc4Oc4ccccc43)c3cccc-2c13. The minimum atomic E-state index is -0.483. The lowest BCUT2D eigenvalue weighted by molar-refractivity contribution is 0.477. The molecule has 0 N–H and O–H groups in total. The molecule has 1 aromatic heterocycles. The van der Waals surface area contributed by atoms with Crippen LogP contribution in [0.2, 0.25) is 0 Å². The van der Waals surface area contributed by atoms with E-state index < -0.39 is 5.82 Å². The molecule has 4 aromatic carbocycles. The van der Waals surface area contributed by atoms with Crippen molar-refractivity contribution < 1.29 is 9.13 Å². The lowest BCUT2D eigenvalue weighted by Crippen LogP contribution is -2.16. The monoisotopic (exact) mass is 453 g/mol. The molecule has 162 valence electrons. The molecular formula is C28H12FN5O. The van der Waals surface area contributed by atoms with E-state index in [1.807, 2.05) is 83.8 Å². The molecule has 5 aromatic rings. The van der Waals surface area contributed by atoms with Gasteiger partial charge in [0.2, 0.25) is 0 Å². The molecule has 0 fully saturated rings. The third-order valence-electron chi connectivity index (χ3n) is 6.37. The Morgan fingerprint density at radius 2 is 1.37 bits per heavy atom. The first kappa shape index (κ1) is 19.2. The number of ether oxygens (including phenoxy) is 1. The van der Waals surface area contributed by atoms with E-state index in [9.17, 15) is 10.5 Å². The van der Waals surface area contributed by atoms with Crippen LogP contribution in [0.3, 0.4) is 0 Å². The fraction of sp³-hybridized carbons (Fsp3) is 0. The number of anilines is 3. The van der Waals surface area contributed by atoms with Crippen LogP contribution in [0.4, 0.5) is 21.5 Å². The van der Waals surface area contributed by atoms with Crippen molar-refractivity contribution in [2.75, 3.05) is 4.90 Å². The predicted molar refractivity (Wildman–Crippen MR) is 128 cm³/mol. The summed E-state index contributed by atoms with van der Waals surface area (Å²) in [6, 6.07) is 26.2. The molecule has 7 heteroatoms. The number of benzene rings is 4. The highest BCUT2D eigenvalue weighted by molar-refractivity contribution is 6.18. The van der Waals surface area contributed by atoms with Crippen LogP contribution in [0.25, 0.3) is 33.3 Å². The Labute approximate surface area is 198 Å². The Balaban J connectivity index is 1.57. The zero-order valence-electron chi connectivity index (χ0n) is 18.0. The van der Waals surface area contributed by atoms with Crippen molar-refractivity contribution in [1.29, 1.82) is 10.5 Å². The molecule has 2 heterocycles. The zero-order valence-corrected chi connectivity index (χ0v) is 18.0. The van der Waals surface area contributed by atoms with Crippen molar-refractivity contribution in [3.05, 3.63) is 90.0 Å². The summed E-state index contributed by atoms with van der Waals surface area (Å²) < 4.78 is 22.1. The topological polar surface area (TPSA) is 85.8 Å². The normalized spacial score (nSPS) is 12.3. The van der Waals surface area contributed by atoms with Crippen molar-refractivity contribution in [3.63, 3.8) is 0 Å². The van der Waals surface area contributed by atoms with Gasteiger partial charge in [-0.3, -0.25) is 0 Å². The maximum absolute atomic E-state index is 15.9. The molecule has 1 aliphatic heterocycles. The molecule has 0 atom stereocenters. The first-order valence-electron chi connectivity index (χ1n) is 10.8. The summed E-state index contributed by atoms with van der Waals surface area (Å²) in [6.07, 6.45) is 0. The number of aromatic nitrogens is 2. The van der Waals surface area contributed by atoms with Crippen LogP contribution in [0.1, 0.15) is 11.4 Å². The molecule has 0 radical (unpaired) electrons. The highest BCUT2D eigenvalue weighted by Gasteiger charge is 2.33. The van der Waals surface area contributed by atoms with E-state index in [0.29, 0.717) is 33.8 Å². The van der Waals surface area contributed by atoms with Crippen molar-refractivity contribution in [1.82, 2.24) is 9.97 Å². The molecular weight excluding hydrogens is 441 g/mol. The Morgan fingerprint density at radius 1 is 0.743 bits per heavy atom. The lowest BCUT2D eigenvalue weighted by Gasteiger charge is -2.33. The lowest BCUT2D eigenvalue weighted by atomic mass is 10.00. The molecule has 0 saturated carbocycles. The van der Waals surface area contributed by atoms with Crippen molar-refractivity contribution in [2.24, 2.45) is 0 Å². The molecule has 0 amide bonds. The van der Waals surface area contributed by atoms with E-state index in [1.165, 1.54) is 6.07 Å². The number of nitriles is 2. The third kappa shape index (κ3) is 2.49. The van der Waals surface area contributed by atoms with Crippen LogP contribution in [0.15, 0.2) is 72.8 Å². The van der Waals surface area contributed by atoms with Crippen LogP contribution in [-0.2, 0) is 0 Å². The van der Waals surface area contributed by atoms with E-state index in [4.69, 9.17) is 4.74 Å². The van der Waals surface area contributed by atoms with E-state index in [2.05, 4.69) is 9.97 Å². The van der Waals surface area contributed by atoms with Crippen molar-refractivity contribution in [2.45, 2.75) is 0 Å². The van der Waals surface area contributed by atoms with Gasteiger partial charge in [0.05, 0.1) is 22.8 Å². The van der Waals surface area contributed by atoms with E-state index in [1.54, 1.807) is 0 Å². The number of para-hydroxylation sites is 4. The van der Waals surface area contributed by atoms with Gasteiger partial charge in [-0.15, -0.1) is 0 Å². The van der Waals surface area contributed by atoms with Crippen molar-refractivity contribution in [3.8, 4) is 46.2 Å². The van der Waals surface area contributed by atoms with Crippen LogP contribution >= 0.6 is 0 Å². The average molecular weight is 453 g/mol. The van der Waals surface area contributed by atoms with Crippen LogP contribution in [-0.4, -0.2) is 9.97 Å². The second-order valence-corrected chi connectivity index (χ2v) is 8.20. The molecule has 0 unspecified atom stereocenters. The van der Waals surface area contributed by atoms with Gasteiger partial charge in [-0.25, -0.2) is 14.4 Å². The number of fused-ring (bicyclic) bond motifs is 5. The largest absolute Gasteiger partial charge is 0.453 e. The predicted octanol–water partition coefficient (Wildman–Crippen LogP) is 6.74. The Morgan fingerprint density at radius 3 is 2.03 bits per heavy atom. The van der Waals surface area contributed by atoms with Gasteiger partial charge in [0.15, 0.2) is 22.9 Å². The first-order chi connectivity index (χ1) is 17.2. The van der Waals surface area contributed by atoms with Gasteiger partial charge >= 0.3 is 0 Å². The second-order valence-electron chi connectivity index (χ2n) is 8.20. The standard InChI is InChI=1S/C28H12FN5O/c29-17-12-22(34-20-8-1-3-10-23(20)35-24-11-4-2-9-21(24)34)15-6-5-7-16-25(15)26(17)28-27(16)32-18(13-30)19(14-31)33-28/h1-12H. The number of rotatable bonds is 1. The molecule has 0 bridgehead atoms. The zero-order chi connectivity index (χ0) is 23.7. The van der Waals surface area contributed by atoms with Gasteiger partial charge < -0.3 is 9.64 Å². The smallest absolute Gasteiger partial charge is 0.177 e. The summed E-state index contributed by atoms with van der Waals surface area (Å²) >= 11 is 0. The molecule has 35 heavy (non-hydrogen) atoms. The van der Waals surface area contributed by atoms with E-state index in [0.717, 1.165) is 16.8 Å². The number of hydrogen-bond acceptors (Lipinski definition) is 6. The van der Waals surface area contributed by atoms with E-state index >= 15 is 4.39 Å². The Hall–Kier alpha value is -5.27. The summed E-state index contributed by atoms with van der Waals surface area (Å²) in [5.41, 5.74) is 3.67. The fourth-order valence-electron chi connectivity index (χ4n) is 4.96. The molecule has 1 aliphatic carbocycles. The summed E-state index contributed by atoms with van der Waals surface area (Å²) in [5.74, 6) is 0.848. The maximum Gasteiger partial charge on any atom is 0.177 e. The quantitative estimate of drug-likeness (QED) is 0.274. The minimum Gasteiger partial charge on any atom is -0.453 e. The van der Waals surface area contributed by atoms with E-state index in [-0.39, 0.29) is 22.6 Å². The van der Waals surface area contributed by atoms with Gasteiger partial charge in [0.25, 0.3) is 0 Å². The Bertz CT molecular complexity index is 1790. The number of hydrogen-bond donors (Lipinski definition) is 0.